The highest BCUT2D eigenvalue weighted by Gasteiger charge is 2.18. The number of aryl methyl sites for hydroxylation is 3. The molecule has 1 heteroatoms. The number of rotatable bonds is 3. The zero-order valence-electron chi connectivity index (χ0n) is 22.0. The second-order valence-corrected chi connectivity index (χ2v) is 6.98. The molecule has 0 aliphatic rings. The molecule has 0 spiro atoms. The van der Waals surface area contributed by atoms with Crippen molar-refractivity contribution in [1.29, 1.82) is 0 Å². The molecule has 0 aliphatic carbocycles. The molecule has 0 amide bonds. The fraction of sp³-hybridized carbons (Fsp3) is 0.148. The standard InChI is InChI=1S/C27H26N/c1-19-10-8-9-13-24(19)27-20(2)14-15-25(21(27)3)26-18-23(16-17-28(26)4)22-11-6-5-7-12-22/h5-18H,1-4H3/q+1/i1D3,2D3. The monoisotopic (exact) mass is 370 g/mol. The SMILES string of the molecule is [2H]C([2H])([2H])c1ccccc1-c1c(C([2H])([2H])[2H])ccc(-c2cc(-c3ccccc3)cc[n+]2C)c1C. The van der Waals surface area contributed by atoms with Crippen molar-refractivity contribution in [2.45, 2.75) is 20.6 Å². The smallest absolute Gasteiger partial charge is 0.201 e. The Hall–Kier alpha value is -3.19. The molecule has 0 bridgehead atoms. The number of hydrogen-bond donors (Lipinski definition) is 0. The third kappa shape index (κ3) is 3.25. The van der Waals surface area contributed by atoms with Gasteiger partial charge in [0.2, 0.25) is 5.69 Å². The van der Waals surface area contributed by atoms with Crippen LogP contribution >= 0.6 is 0 Å². The van der Waals surface area contributed by atoms with E-state index in [9.17, 15) is 0 Å². The lowest BCUT2D eigenvalue weighted by Crippen LogP contribution is -2.30. The number of benzene rings is 3. The maximum Gasteiger partial charge on any atom is 0.213 e. The highest BCUT2D eigenvalue weighted by Crippen LogP contribution is 2.35. The second-order valence-electron chi connectivity index (χ2n) is 6.98. The van der Waals surface area contributed by atoms with Gasteiger partial charge in [-0.25, -0.2) is 4.57 Å². The van der Waals surface area contributed by atoms with Crippen molar-refractivity contribution < 1.29 is 12.8 Å². The van der Waals surface area contributed by atoms with Gasteiger partial charge in [-0.05, 0) is 65.6 Å². The molecule has 0 aliphatic heterocycles. The van der Waals surface area contributed by atoms with Crippen LogP contribution < -0.4 is 4.57 Å². The van der Waals surface area contributed by atoms with Gasteiger partial charge in [0, 0.05) is 25.9 Å². The molecule has 138 valence electrons. The Labute approximate surface area is 176 Å². The second kappa shape index (κ2) is 7.44. The molecule has 3 aromatic carbocycles. The normalized spacial score (nSPS) is 14.9. The summed E-state index contributed by atoms with van der Waals surface area (Å²) in [4.78, 5) is 0. The molecular formula is C27H26N+. The van der Waals surface area contributed by atoms with Gasteiger partial charge in [0.25, 0.3) is 0 Å². The first-order chi connectivity index (χ1) is 16.0. The maximum absolute atomic E-state index is 8.14. The first-order valence-corrected chi connectivity index (χ1v) is 9.28. The third-order valence-corrected chi connectivity index (χ3v) is 5.19. The number of nitrogens with zero attached hydrogens (tertiary/aromatic N) is 1. The van der Waals surface area contributed by atoms with Crippen molar-refractivity contribution in [2.75, 3.05) is 0 Å². The minimum Gasteiger partial charge on any atom is -0.201 e. The van der Waals surface area contributed by atoms with Crippen LogP contribution in [0.15, 0.2) is 85.1 Å². The van der Waals surface area contributed by atoms with Gasteiger partial charge in [-0.15, -0.1) is 0 Å². The molecule has 0 saturated heterocycles. The molecule has 4 aromatic rings. The van der Waals surface area contributed by atoms with E-state index >= 15 is 0 Å². The summed E-state index contributed by atoms with van der Waals surface area (Å²) in [6.07, 6.45) is 1.98. The molecule has 28 heavy (non-hydrogen) atoms. The van der Waals surface area contributed by atoms with Crippen molar-refractivity contribution in [3.8, 4) is 33.5 Å². The lowest BCUT2D eigenvalue weighted by molar-refractivity contribution is -0.660. The molecule has 0 saturated carbocycles. The summed E-state index contributed by atoms with van der Waals surface area (Å²) in [5, 5.41) is 0. The predicted octanol–water partition coefficient (Wildman–Crippen LogP) is 6.44. The van der Waals surface area contributed by atoms with Gasteiger partial charge < -0.3 is 0 Å². The first-order valence-electron chi connectivity index (χ1n) is 12.3. The minimum absolute atomic E-state index is 0.142. The average molecular weight is 371 g/mol. The topological polar surface area (TPSA) is 3.88 Å². The summed E-state index contributed by atoms with van der Waals surface area (Å²) in [5.41, 5.74) is 5.77. The van der Waals surface area contributed by atoms with Gasteiger partial charge in [-0.1, -0.05) is 60.7 Å². The summed E-state index contributed by atoms with van der Waals surface area (Å²) in [5.74, 6) is 0. The van der Waals surface area contributed by atoms with Gasteiger partial charge in [-0.3, -0.25) is 0 Å². The summed E-state index contributed by atoms with van der Waals surface area (Å²) >= 11 is 0. The maximum atomic E-state index is 8.14. The van der Waals surface area contributed by atoms with E-state index in [0.717, 1.165) is 27.9 Å². The van der Waals surface area contributed by atoms with Gasteiger partial charge in [0.15, 0.2) is 6.20 Å². The fourth-order valence-electron chi connectivity index (χ4n) is 3.68. The lowest BCUT2D eigenvalue weighted by atomic mass is 9.88. The summed E-state index contributed by atoms with van der Waals surface area (Å²) in [7, 11) is 1.94. The zero-order chi connectivity index (χ0) is 24.7. The summed E-state index contributed by atoms with van der Waals surface area (Å²) in [6, 6.07) is 24.2. The molecular weight excluding hydrogens is 338 g/mol. The third-order valence-electron chi connectivity index (χ3n) is 5.19. The minimum atomic E-state index is -2.39. The van der Waals surface area contributed by atoms with Crippen LogP contribution in [0.1, 0.15) is 24.9 Å². The van der Waals surface area contributed by atoms with Crippen LogP contribution in [-0.4, -0.2) is 0 Å². The largest absolute Gasteiger partial charge is 0.213 e. The molecule has 0 unspecified atom stereocenters. The molecule has 1 nitrogen and oxygen atoms in total. The predicted molar refractivity (Wildman–Crippen MR) is 118 cm³/mol. The molecule has 0 radical (unpaired) electrons. The Morgan fingerprint density at radius 3 is 2.25 bits per heavy atom. The molecule has 0 fully saturated rings. The molecule has 4 rings (SSSR count). The van der Waals surface area contributed by atoms with Crippen molar-refractivity contribution in [3.05, 3.63) is 102 Å². The van der Waals surface area contributed by atoms with E-state index in [2.05, 4.69) is 6.07 Å². The van der Waals surface area contributed by atoms with Crippen LogP contribution in [0, 0.1) is 20.6 Å². The van der Waals surface area contributed by atoms with E-state index in [4.69, 9.17) is 8.22 Å². The van der Waals surface area contributed by atoms with Crippen molar-refractivity contribution in [2.24, 2.45) is 7.05 Å². The van der Waals surface area contributed by atoms with Crippen LogP contribution in [0.5, 0.6) is 0 Å². The van der Waals surface area contributed by atoms with Crippen LogP contribution in [0.25, 0.3) is 33.5 Å². The summed E-state index contributed by atoms with van der Waals surface area (Å²) < 4.78 is 50.5. The van der Waals surface area contributed by atoms with E-state index in [-0.39, 0.29) is 11.1 Å². The summed E-state index contributed by atoms with van der Waals surface area (Å²) in [6.45, 7) is -2.90. The van der Waals surface area contributed by atoms with E-state index in [1.165, 1.54) is 0 Å². The zero-order valence-corrected chi connectivity index (χ0v) is 16.0. The van der Waals surface area contributed by atoms with E-state index in [1.807, 2.05) is 67.2 Å². The van der Waals surface area contributed by atoms with Gasteiger partial charge in [0.05, 0.1) is 0 Å². The number of aromatic nitrogens is 1. The van der Waals surface area contributed by atoms with Crippen molar-refractivity contribution in [1.82, 2.24) is 0 Å². The van der Waals surface area contributed by atoms with Gasteiger partial charge in [-0.2, -0.15) is 0 Å². The van der Waals surface area contributed by atoms with E-state index in [0.29, 0.717) is 11.1 Å². The Kier molecular flexibility index (Phi) is 3.27. The van der Waals surface area contributed by atoms with Crippen LogP contribution in [-0.2, 0) is 7.05 Å². The van der Waals surface area contributed by atoms with Crippen LogP contribution in [0.3, 0.4) is 0 Å². The quantitative estimate of drug-likeness (QED) is 0.365. The van der Waals surface area contributed by atoms with Crippen molar-refractivity contribution >= 4 is 0 Å². The van der Waals surface area contributed by atoms with E-state index < -0.39 is 13.7 Å². The van der Waals surface area contributed by atoms with E-state index in [1.54, 1.807) is 30.3 Å². The lowest BCUT2D eigenvalue weighted by Gasteiger charge is -2.16. The van der Waals surface area contributed by atoms with Gasteiger partial charge in [0.1, 0.15) is 7.05 Å². The molecule has 1 aromatic heterocycles. The highest BCUT2D eigenvalue weighted by molar-refractivity contribution is 5.81. The highest BCUT2D eigenvalue weighted by atomic mass is 14.9. The average Bonchev–Trinajstić information content (AvgIpc) is 2.79. The molecule has 1 heterocycles. The number of pyridine rings is 1. The fourth-order valence-corrected chi connectivity index (χ4v) is 3.68. The Balaban J connectivity index is 2.01. The Bertz CT molecular complexity index is 1340. The first kappa shape index (κ1) is 12.3. The van der Waals surface area contributed by atoms with Crippen molar-refractivity contribution in [3.63, 3.8) is 0 Å². The number of hydrogen-bond acceptors (Lipinski definition) is 0. The van der Waals surface area contributed by atoms with Gasteiger partial charge >= 0.3 is 0 Å². The van der Waals surface area contributed by atoms with Crippen LogP contribution in [0.2, 0.25) is 0 Å². The van der Waals surface area contributed by atoms with Crippen LogP contribution in [0.4, 0.5) is 0 Å². The Morgan fingerprint density at radius 1 is 0.714 bits per heavy atom. The Morgan fingerprint density at radius 2 is 1.46 bits per heavy atom. The molecule has 0 atom stereocenters. The molecule has 0 N–H and O–H groups in total.